The molecular weight excluding hydrogens is 356 g/mol. The van der Waals surface area contributed by atoms with Gasteiger partial charge in [0, 0.05) is 33.2 Å². The van der Waals surface area contributed by atoms with Crippen molar-refractivity contribution in [2.24, 2.45) is 4.99 Å². The van der Waals surface area contributed by atoms with E-state index in [1.54, 1.807) is 7.05 Å². The summed E-state index contributed by atoms with van der Waals surface area (Å²) < 4.78 is 11.4. The van der Waals surface area contributed by atoms with E-state index in [9.17, 15) is 4.79 Å². The number of carbonyl (C=O) groups is 1. The third-order valence-electron chi connectivity index (χ3n) is 4.97. The lowest BCUT2D eigenvalue weighted by Gasteiger charge is -2.36. The van der Waals surface area contributed by atoms with E-state index in [-0.39, 0.29) is 18.6 Å². The van der Waals surface area contributed by atoms with E-state index >= 15 is 0 Å². The molecule has 2 aliphatic heterocycles. The van der Waals surface area contributed by atoms with Crippen molar-refractivity contribution in [1.29, 1.82) is 0 Å². The number of hydrogen-bond acceptors (Lipinski definition) is 5. The van der Waals surface area contributed by atoms with Gasteiger partial charge in [-0.25, -0.2) is 0 Å². The largest absolute Gasteiger partial charge is 0.459 e. The summed E-state index contributed by atoms with van der Waals surface area (Å²) in [6.07, 6.45) is 0.150. The molecule has 3 rings (SSSR count). The van der Waals surface area contributed by atoms with Gasteiger partial charge in [-0.1, -0.05) is 30.3 Å². The van der Waals surface area contributed by atoms with Crippen LogP contribution in [0.25, 0.3) is 0 Å². The Morgan fingerprint density at radius 1 is 1.29 bits per heavy atom. The predicted octanol–water partition coefficient (Wildman–Crippen LogP) is 1.49. The number of nitrogens with one attached hydrogen (secondary N) is 1. The van der Waals surface area contributed by atoms with Crippen molar-refractivity contribution in [3.8, 4) is 0 Å². The van der Waals surface area contributed by atoms with Gasteiger partial charge < -0.3 is 19.7 Å². The molecule has 0 aromatic heterocycles. The summed E-state index contributed by atoms with van der Waals surface area (Å²) in [7, 11) is 1.74. The van der Waals surface area contributed by atoms with Gasteiger partial charge in [0.1, 0.15) is 12.1 Å². The summed E-state index contributed by atoms with van der Waals surface area (Å²) >= 11 is 0. The van der Waals surface area contributed by atoms with Crippen LogP contribution in [-0.2, 0) is 20.8 Å². The summed E-state index contributed by atoms with van der Waals surface area (Å²) in [6.45, 7) is 9.87. The predicted molar refractivity (Wildman–Crippen MR) is 109 cm³/mol. The van der Waals surface area contributed by atoms with Crippen LogP contribution in [0.5, 0.6) is 0 Å². The Morgan fingerprint density at radius 3 is 2.71 bits per heavy atom. The minimum atomic E-state index is -0.489. The minimum absolute atomic E-state index is 0.102. The van der Waals surface area contributed by atoms with Gasteiger partial charge in [0.05, 0.1) is 18.8 Å². The summed E-state index contributed by atoms with van der Waals surface area (Å²) in [6, 6.07) is 10.8. The Kier molecular flexibility index (Phi) is 6.57. The minimum Gasteiger partial charge on any atom is -0.459 e. The SMILES string of the molecule is CN=C(NCC(=O)OC(C)(C)C)N1CC2OCCN(Cc3ccccc3)C2C1. The number of guanidine groups is 1. The molecule has 2 aliphatic rings. The average Bonchev–Trinajstić information content (AvgIpc) is 3.07. The second-order valence-corrected chi connectivity index (χ2v) is 8.32. The number of aliphatic imine (C=N–C) groups is 1. The van der Waals surface area contributed by atoms with Crippen molar-refractivity contribution in [3.05, 3.63) is 35.9 Å². The second kappa shape index (κ2) is 8.92. The number of ether oxygens (including phenoxy) is 2. The molecule has 154 valence electrons. The number of esters is 1. The molecule has 7 heteroatoms. The van der Waals surface area contributed by atoms with Gasteiger partial charge in [-0.2, -0.15) is 0 Å². The van der Waals surface area contributed by atoms with Crippen molar-refractivity contribution in [2.75, 3.05) is 39.8 Å². The highest BCUT2D eigenvalue weighted by molar-refractivity contribution is 5.84. The molecule has 2 fully saturated rings. The Bertz CT molecular complexity index is 687. The second-order valence-electron chi connectivity index (χ2n) is 8.32. The molecule has 0 radical (unpaired) electrons. The fourth-order valence-corrected chi connectivity index (χ4v) is 3.81. The maximum atomic E-state index is 12.0. The third kappa shape index (κ3) is 5.45. The fourth-order valence-electron chi connectivity index (χ4n) is 3.81. The average molecular weight is 389 g/mol. The number of fused-ring (bicyclic) bond motifs is 1. The molecule has 0 bridgehead atoms. The number of morpholine rings is 1. The van der Waals surface area contributed by atoms with Crippen LogP contribution in [0.15, 0.2) is 35.3 Å². The number of carbonyl (C=O) groups excluding carboxylic acids is 1. The molecule has 1 aromatic carbocycles. The highest BCUT2D eigenvalue weighted by atomic mass is 16.6. The number of nitrogens with zero attached hydrogens (tertiary/aromatic N) is 3. The molecule has 2 saturated heterocycles. The first kappa shape index (κ1) is 20.6. The summed E-state index contributed by atoms with van der Waals surface area (Å²) in [5.41, 5.74) is 0.824. The number of benzene rings is 1. The van der Waals surface area contributed by atoms with E-state index in [1.807, 2.05) is 26.8 Å². The van der Waals surface area contributed by atoms with Gasteiger partial charge in [-0.3, -0.25) is 14.7 Å². The van der Waals surface area contributed by atoms with E-state index in [0.29, 0.717) is 12.0 Å². The molecule has 1 aromatic rings. The first-order valence-electron chi connectivity index (χ1n) is 9.93. The van der Waals surface area contributed by atoms with Gasteiger partial charge >= 0.3 is 5.97 Å². The zero-order chi connectivity index (χ0) is 20.1. The van der Waals surface area contributed by atoms with E-state index in [1.165, 1.54) is 5.56 Å². The maximum Gasteiger partial charge on any atom is 0.325 e. The van der Waals surface area contributed by atoms with E-state index in [2.05, 4.69) is 44.4 Å². The quantitative estimate of drug-likeness (QED) is 0.479. The Morgan fingerprint density at radius 2 is 2.04 bits per heavy atom. The van der Waals surface area contributed by atoms with Crippen LogP contribution < -0.4 is 5.32 Å². The summed E-state index contributed by atoms with van der Waals surface area (Å²) in [4.78, 5) is 21.0. The van der Waals surface area contributed by atoms with Crippen LogP contribution in [-0.4, -0.2) is 79.3 Å². The van der Waals surface area contributed by atoms with Gasteiger partial charge in [0.25, 0.3) is 0 Å². The van der Waals surface area contributed by atoms with Crippen molar-refractivity contribution in [3.63, 3.8) is 0 Å². The van der Waals surface area contributed by atoms with Crippen molar-refractivity contribution in [1.82, 2.24) is 15.1 Å². The molecule has 0 amide bonds. The number of likely N-dealkylation sites (tertiary alicyclic amines) is 1. The summed E-state index contributed by atoms with van der Waals surface area (Å²) in [5.74, 6) is 0.427. The molecule has 2 atom stereocenters. The van der Waals surface area contributed by atoms with Gasteiger partial charge in [0.2, 0.25) is 0 Å². The van der Waals surface area contributed by atoms with Crippen LogP contribution in [0.3, 0.4) is 0 Å². The molecule has 0 aliphatic carbocycles. The van der Waals surface area contributed by atoms with Crippen molar-refractivity contribution in [2.45, 2.75) is 45.1 Å². The van der Waals surface area contributed by atoms with Crippen LogP contribution in [0.4, 0.5) is 0 Å². The monoisotopic (exact) mass is 388 g/mol. The lowest BCUT2D eigenvalue weighted by molar-refractivity contribution is -0.153. The van der Waals surface area contributed by atoms with Crippen molar-refractivity contribution >= 4 is 11.9 Å². The molecule has 1 N–H and O–H groups in total. The normalized spacial score (nSPS) is 23.4. The Balaban J connectivity index is 1.58. The zero-order valence-electron chi connectivity index (χ0n) is 17.4. The van der Waals surface area contributed by atoms with Crippen LogP contribution >= 0.6 is 0 Å². The first-order chi connectivity index (χ1) is 13.4. The van der Waals surface area contributed by atoms with Gasteiger partial charge in [-0.05, 0) is 26.3 Å². The first-order valence-corrected chi connectivity index (χ1v) is 9.93. The Hall–Kier alpha value is -2.12. The topological polar surface area (TPSA) is 66.4 Å². The van der Waals surface area contributed by atoms with E-state index in [4.69, 9.17) is 9.47 Å². The lowest BCUT2D eigenvalue weighted by Crippen LogP contribution is -2.50. The standard InChI is InChI=1S/C21H32N4O3/c1-21(2,3)28-19(26)12-23-20(22-4)25-14-17-18(15-25)27-11-10-24(17)13-16-8-6-5-7-9-16/h5-9,17-18H,10-15H2,1-4H3,(H,22,23). The smallest absolute Gasteiger partial charge is 0.325 e. The van der Waals surface area contributed by atoms with Gasteiger partial charge in [0.15, 0.2) is 5.96 Å². The number of hydrogen-bond donors (Lipinski definition) is 1. The highest BCUT2D eigenvalue weighted by Crippen LogP contribution is 2.24. The fraction of sp³-hybridized carbons (Fsp3) is 0.619. The maximum absolute atomic E-state index is 12.0. The molecule has 28 heavy (non-hydrogen) atoms. The number of rotatable bonds is 4. The molecule has 0 spiro atoms. The third-order valence-corrected chi connectivity index (χ3v) is 4.97. The molecular formula is C21H32N4O3. The molecule has 2 unspecified atom stereocenters. The zero-order valence-corrected chi connectivity index (χ0v) is 17.4. The molecule has 2 heterocycles. The molecule has 7 nitrogen and oxygen atoms in total. The summed E-state index contributed by atoms with van der Waals surface area (Å²) in [5, 5.41) is 3.14. The van der Waals surface area contributed by atoms with Crippen LogP contribution in [0.2, 0.25) is 0 Å². The highest BCUT2D eigenvalue weighted by Gasteiger charge is 2.41. The lowest BCUT2D eigenvalue weighted by atomic mass is 10.1. The van der Waals surface area contributed by atoms with Crippen LogP contribution in [0.1, 0.15) is 26.3 Å². The van der Waals surface area contributed by atoms with E-state index < -0.39 is 5.60 Å². The van der Waals surface area contributed by atoms with Gasteiger partial charge in [-0.15, -0.1) is 0 Å². The van der Waals surface area contributed by atoms with Crippen LogP contribution in [0, 0.1) is 0 Å². The molecule has 0 saturated carbocycles. The van der Waals surface area contributed by atoms with Crippen molar-refractivity contribution < 1.29 is 14.3 Å². The Labute approximate surface area is 167 Å². The van der Waals surface area contributed by atoms with E-state index in [0.717, 1.165) is 32.8 Å².